The summed E-state index contributed by atoms with van der Waals surface area (Å²) in [4.78, 5) is 6.15. The zero-order chi connectivity index (χ0) is 22.9. The largest absolute Gasteiger partial charge is 0.280 e. The van der Waals surface area contributed by atoms with Gasteiger partial charge in [0, 0.05) is 17.1 Å². The van der Waals surface area contributed by atoms with E-state index in [-0.39, 0.29) is 4.90 Å². The number of hydrogen-bond acceptors (Lipinski definition) is 4. The molecule has 0 radical (unpaired) electrons. The van der Waals surface area contributed by atoms with Gasteiger partial charge in [-0.05, 0) is 67.6 Å². The van der Waals surface area contributed by atoms with Gasteiger partial charge in [-0.2, -0.15) is 0 Å². The van der Waals surface area contributed by atoms with Gasteiger partial charge in [0.15, 0.2) is 0 Å². The van der Waals surface area contributed by atoms with E-state index in [0.29, 0.717) is 16.3 Å². The van der Waals surface area contributed by atoms with Crippen molar-refractivity contribution in [3.05, 3.63) is 63.2 Å². The van der Waals surface area contributed by atoms with Crippen LogP contribution in [0.2, 0.25) is 5.02 Å². The molecule has 7 heteroatoms. The van der Waals surface area contributed by atoms with Crippen LogP contribution in [0.1, 0.15) is 53.9 Å². The molecule has 1 aromatic heterocycles. The molecule has 0 atom stereocenters. The Kier molecular flexibility index (Phi) is 6.94. The van der Waals surface area contributed by atoms with Crippen LogP contribution in [0.3, 0.4) is 0 Å². The normalized spacial score (nSPS) is 15.1. The van der Waals surface area contributed by atoms with Crippen LogP contribution in [0.4, 0.5) is 5.69 Å². The van der Waals surface area contributed by atoms with E-state index in [9.17, 15) is 8.42 Å². The predicted octanol–water partition coefficient (Wildman–Crippen LogP) is 7.31. The molecule has 1 aliphatic carbocycles. The number of rotatable bonds is 6. The average Bonchev–Trinajstić information content (AvgIpc) is 3.11. The first-order valence-corrected chi connectivity index (χ1v) is 13.8. The maximum absolute atomic E-state index is 13.2. The van der Waals surface area contributed by atoms with Crippen LogP contribution < -0.4 is 4.72 Å². The molecule has 2 aromatic carbocycles. The van der Waals surface area contributed by atoms with Crippen molar-refractivity contribution in [2.75, 3.05) is 4.72 Å². The lowest BCUT2D eigenvalue weighted by atomic mass is 9.87. The average molecular weight is 489 g/mol. The first kappa shape index (κ1) is 23.3. The summed E-state index contributed by atoms with van der Waals surface area (Å²) in [5, 5.41) is 1.76. The quantitative estimate of drug-likeness (QED) is 0.395. The number of nitrogens with one attached hydrogen (secondary N) is 1. The molecule has 0 aliphatic heterocycles. The van der Waals surface area contributed by atoms with Gasteiger partial charge in [-0.1, -0.05) is 55.8 Å². The summed E-state index contributed by atoms with van der Waals surface area (Å²) in [5.41, 5.74) is 3.89. The molecule has 3 aromatic rings. The Morgan fingerprint density at radius 3 is 2.50 bits per heavy atom. The molecule has 1 heterocycles. The number of hydrogen-bond donors (Lipinski definition) is 1. The molecule has 1 fully saturated rings. The van der Waals surface area contributed by atoms with E-state index in [2.05, 4.69) is 4.72 Å². The van der Waals surface area contributed by atoms with Gasteiger partial charge in [0.25, 0.3) is 10.0 Å². The first-order valence-electron chi connectivity index (χ1n) is 11.1. The van der Waals surface area contributed by atoms with Crippen LogP contribution in [0.25, 0.3) is 10.4 Å². The van der Waals surface area contributed by atoms with Crippen molar-refractivity contribution < 1.29 is 8.42 Å². The minimum Gasteiger partial charge on any atom is -0.280 e. The van der Waals surface area contributed by atoms with Crippen LogP contribution in [-0.4, -0.2) is 13.4 Å². The summed E-state index contributed by atoms with van der Waals surface area (Å²) in [6, 6.07) is 10.8. The third-order valence-electron chi connectivity index (χ3n) is 6.18. The highest BCUT2D eigenvalue weighted by atomic mass is 35.5. The number of halogens is 1. The zero-order valence-corrected chi connectivity index (χ0v) is 21.1. The van der Waals surface area contributed by atoms with Gasteiger partial charge in [-0.15, -0.1) is 11.3 Å². The second kappa shape index (κ2) is 9.54. The van der Waals surface area contributed by atoms with Crippen LogP contribution in [0.5, 0.6) is 0 Å². The Labute approximate surface area is 200 Å². The predicted molar refractivity (Wildman–Crippen MR) is 134 cm³/mol. The molecular formula is C25H29ClN2O2S2. The standard InChI is InChI=1S/C25H29ClN2O2S2/c1-16-9-10-20(25-18(3)27-24(31-25)14-19-7-5-4-6-8-19)15-23(16)32(29,30)28-21-11-12-22(26)17(2)13-21/h9-13,15,19,28H,4-8,14H2,1-3H3. The van der Waals surface area contributed by atoms with Crippen LogP contribution in [-0.2, 0) is 16.4 Å². The molecule has 0 bridgehead atoms. The Morgan fingerprint density at radius 2 is 1.78 bits per heavy atom. The summed E-state index contributed by atoms with van der Waals surface area (Å²) < 4.78 is 29.1. The third kappa shape index (κ3) is 5.19. The Hall–Kier alpha value is -1.89. The van der Waals surface area contributed by atoms with Crippen LogP contribution in [0.15, 0.2) is 41.3 Å². The van der Waals surface area contributed by atoms with Crippen LogP contribution >= 0.6 is 22.9 Å². The van der Waals surface area contributed by atoms with Gasteiger partial charge < -0.3 is 0 Å². The summed E-state index contributed by atoms with van der Waals surface area (Å²) in [7, 11) is -3.74. The highest BCUT2D eigenvalue weighted by molar-refractivity contribution is 7.92. The minimum atomic E-state index is -3.74. The number of aryl methyl sites for hydroxylation is 3. The fourth-order valence-corrected chi connectivity index (χ4v) is 7.01. The summed E-state index contributed by atoms with van der Waals surface area (Å²) in [6.45, 7) is 5.68. The lowest BCUT2D eigenvalue weighted by molar-refractivity contribution is 0.356. The number of nitrogens with zero attached hydrogens (tertiary/aromatic N) is 1. The van der Waals surface area contributed by atoms with E-state index in [0.717, 1.165) is 39.0 Å². The highest BCUT2D eigenvalue weighted by Crippen LogP contribution is 2.35. The molecule has 0 unspecified atom stereocenters. The van der Waals surface area contributed by atoms with Crippen molar-refractivity contribution >= 4 is 38.6 Å². The Balaban J connectivity index is 1.61. The molecule has 1 N–H and O–H groups in total. The molecule has 4 rings (SSSR count). The maximum Gasteiger partial charge on any atom is 0.262 e. The van der Waals surface area contributed by atoms with Crippen molar-refractivity contribution in [1.82, 2.24) is 4.98 Å². The van der Waals surface area contributed by atoms with Crippen molar-refractivity contribution in [1.29, 1.82) is 0 Å². The van der Waals surface area contributed by atoms with Gasteiger partial charge in [-0.3, -0.25) is 4.72 Å². The monoisotopic (exact) mass is 488 g/mol. The lowest BCUT2D eigenvalue weighted by Gasteiger charge is -2.20. The van der Waals surface area contributed by atoms with E-state index in [4.69, 9.17) is 16.6 Å². The molecule has 1 saturated carbocycles. The molecule has 4 nitrogen and oxygen atoms in total. The van der Waals surface area contributed by atoms with Crippen molar-refractivity contribution in [2.45, 2.75) is 64.2 Å². The van der Waals surface area contributed by atoms with E-state index in [1.165, 1.54) is 32.1 Å². The van der Waals surface area contributed by atoms with Crippen LogP contribution in [0, 0.1) is 26.7 Å². The zero-order valence-electron chi connectivity index (χ0n) is 18.7. The van der Waals surface area contributed by atoms with Crippen molar-refractivity contribution in [3.8, 4) is 10.4 Å². The second-order valence-corrected chi connectivity index (χ2v) is 11.9. The number of anilines is 1. The van der Waals surface area contributed by atoms with Crippen molar-refractivity contribution in [3.63, 3.8) is 0 Å². The molecule has 0 saturated heterocycles. The van der Waals surface area contributed by atoms with Gasteiger partial charge in [0.2, 0.25) is 0 Å². The molecular weight excluding hydrogens is 460 g/mol. The maximum atomic E-state index is 13.2. The van der Waals surface area contributed by atoms with E-state index >= 15 is 0 Å². The lowest BCUT2D eigenvalue weighted by Crippen LogP contribution is -2.14. The fraction of sp³-hybridized carbons (Fsp3) is 0.400. The van der Waals surface area contributed by atoms with E-state index in [1.54, 1.807) is 35.6 Å². The van der Waals surface area contributed by atoms with Gasteiger partial charge in [0.1, 0.15) is 0 Å². The molecule has 32 heavy (non-hydrogen) atoms. The van der Waals surface area contributed by atoms with E-state index < -0.39 is 10.0 Å². The Bertz CT molecular complexity index is 1230. The highest BCUT2D eigenvalue weighted by Gasteiger charge is 2.21. The molecule has 0 spiro atoms. The number of benzene rings is 2. The summed E-state index contributed by atoms with van der Waals surface area (Å²) >= 11 is 7.78. The van der Waals surface area contributed by atoms with Gasteiger partial charge in [0.05, 0.1) is 20.5 Å². The SMILES string of the molecule is Cc1cc(NS(=O)(=O)c2cc(-c3sc(CC4CCCCC4)nc3C)ccc2C)ccc1Cl. The molecule has 170 valence electrons. The fourth-order valence-electron chi connectivity index (χ4n) is 4.39. The Morgan fingerprint density at radius 1 is 1.03 bits per heavy atom. The first-order chi connectivity index (χ1) is 15.2. The molecule has 0 amide bonds. The van der Waals surface area contributed by atoms with Gasteiger partial charge in [-0.25, -0.2) is 13.4 Å². The van der Waals surface area contributed by atoms with Crippen molar-refractivity contribution in [2.24, 2.45) is 5.92 Å². The number of aromatic nitrogens is 1. The summed E-state index contributed by atoms with van der Waals surface area (Å²) in [6.07, 6.45) is 7.60. The summed E-state index contributed by atoms with van der Waals surface area (Å²) in [5.74, 6) is 0.725. The second-order valence-electron chi connectivity index (χ2n) is 8.78. The smallest absolute Gasteiger partial charge is 0.262 e. The number of sulfonamides is 1. The minimum absolute atomic E-state index is 0.282. The third-order valence-corrected chi connectivity index (χ3v) is 9.36. The van der Waals surface area contributed by atoms with Gasteiger partial charge >= 0.3 is 0 Å². The molecule has 1 aliphatic rings. The topological polar surface area (TPSA) is 59.1 Å². The van der Waals surface area contributed by atoms with E-state index in [1.807, 2.05) is 32.9 Å². The number of thiazole rings is 1.